The van der Waals surface area contributed by atoms with Crippen molar-refractivity contribution in [3.63, 3.8) is 0 Å². The van der Waals surface area contributed by atoms with E-state index >= 15 is 0 Å². The third-order valence-corrected chi connectivity index (χ3v) is 4.19. The van der Waals surface area contributed by atoms with Crippen LogP contribution in [0.2, 0.25) is 10.0 Å². The lowest BCUT2D eigenvalue weighted by atomic mass is 10.1. The molecule has 2 aromatic rings. The van der Waals surface area contributed by atoms with Crippen LogP contribution in [0.3, 0.4) is 0 Å². The second kappa shape index (κ2) is 9.70. The second-order valence-electron chi connectivity index (χ2n) is 5.55. The molecule has 0 saturated carbocycles. The summed E-state index contributed by atoms with van der Waals surface area (Å²) in [6.07, 6.45) is 8.20. The number of rotatable bonds is 9. The highest BCUT2D eigenvalue weighted by Gasteiger charge is 2.17. The van der Waals surface area contributed by atoms with E-state index in [4.69, 9.17) is 27.9 Å². The third-order valence-electron chi connectivity index (χ3n) is 3.64. The Morgan fingerprint density at radius 1 is 1.17 bits per heavy atom. The molecule has 2 rings (SSSR count). The fourth-order valence-electron chi connectivity index (χ4n) is 2.33. The smallest absolute Gasteiger partial charge is 0.149 e. The Bertz CT molecular complexity index is 669. The zero-order valence-corrected chi connectivity index (χ0v) is 15.6. The standard InChI is InChI=1S/C18H23Cl2N3O/c1-3-5-7-17(23-13-21-12-22-23)18(24-10-6-4-2)15-9-8-14(19)11-16(15)20/h8-9,11-13H,3-7,10H2,1-2H3. The Hall–Kier alpha value is -1.52. The van der Waals surface area contributed by atoms with Crippen LogP contribution in [0.4, 0.5) is 0 Å². The Balaban J connectivity index is 2.50. The van der Waals surface area contributed by atoms with Crippen molar-refractivity contribution < 1.29 is 4.74 Å². The molecule has 0 spiro atoms. The molecule has 0 bridgehead atoms. The number of ether oxygens (including phenoxy) is 1. The number of benzene rings is 1. The van der Waals surface area contributed by atoms with Gasteiger partial charge in [-0.25, -0.2) is 9.67 Å². The Morgan fingerprint density at radius 2 is 1.96 bits per heavy atom. The van der Waals surface area contributed by atoms with Crippen LogP contribution < -0.4 is 0 Å². The average molecular weight is 368 g/mol. The molecule has 0 fully saturated rings. The van der Waals surface area contributed by atoms with E-state index in [1.165, 1.54) is 6.33 Å². The first-order valence-electron chi connectivity index (χ1n) is 8.33. The lowest BCUT2D eigenvalue weighted by molar-refractivity contribution is 0.269. The minimum Gasteiger partial charge on any atom is -0.491 e. The SMILES string of the molecule is CCCCOC(=C(CCCC)n1cncn1)c1ccc(Cl)cc1Cl. The van der Waals surface area contributed by atoms with Crippen LogP contribution >= 0.6 is 23.2 Å². The van der Waals surface area contributed by atoms with E-state index in [0.717, 1.165) is 49.1 Å². The van der Waals surface area contributed by atoms with Gasteiger partial charge in [-0.1, -0.05) is 49.9 Å². The third kappa shape index (κ3) is 4.99. The van der Waals surface area contributed by atoms with Gasteiger partial charge in [0.25, 0.3) is 0 Å². The highest BCUT2D eigenvalue weighted by Crippen LogP contribution is 2.33. The van der Waals surface area contributed by atoms with Crippen LogP contribution in [-0.4, -0.2) is 21.4 Å². The molecule has 0 atom stereocenters. The van der Waals surface area contributed by atoms with E-state index in [1.807, 2.05) is 12.1 Å². The van der Waals surface area contributed by atoms with Crippen molar-refractivity contribution in [1.82, 2.24) is 14.8 Å². The van der Waals surface area contributed by atoms with Gasteiger partial charge >= 0.3 is 0 Å². The molecule has 0 aliphatic carbocycles. The summed E-state index contributed by atoms with van der Waals surface area (Å²) in [5.74, 6) is 0.754. The predicted octanol–water partition coefficient (Wildman–Crippen LogP) is 5.92. The van der Waals surface area contributed by atoms with Gasteiger partial charge in [0, 0.05) is 10.6 Å². The largest absolute Gasteiger partial charge is 0.491 e. The molecule has 0 radical (unpaired) electrons. The maximum atomic E-state index is 6.43. The maximum absolute atomic E-state index is 6.43. The molecule has 6 heteroatoms. The Kier molecular flexibility index (Phi) is 7.60. The number of aromatic nitrogens is 3. The summed E-state index contributed by atoms with van der Waals surface area (Å²) in [5, 5.41) is 5.47. The van der Waals surface area contributed by atoms with Crippen LogP contribution in [-0.2, 0) is 4.74 Å². The lowest BCUT2D eigenvalue weighted by Crippen LogP contribution is -2.06. The van der Waals surface area contributed by atoms with Crippen LogP contribution in [0, 0.1) is 0 Å². The first kappa shape index (κ1) is 18.8. The molecule has 24 heavy (non-hydrogen) atoms. The predicted molar refractivity (Wildman–Crippen MR) is 100.0 cm³/mol. The molecule has 0 aliphatic rings. The fourth-order valence-corrected chi connectivity index (χ4v) is 2.83. The lowest BCUT2D eigenvalue weighted by Gasteiger charge is -2.18. The molecule has 0 N–H and O–H groups in total. The van der Waals surface area contributed by atoms with E-state index in [1.54, 1.807) is 17.1 Å². The summed E-state index contributed by atoms with van der Waals surface area (Å²) in [6, 6.07) is 5.46. The van der Waals surface area contributed by atoms with Crippen molar-refractivity contribution in [3.05, 3.63) is 46.5 Å². The van der Waals surface area contributed by atoms with Crippen LogP contribution in [0.5, 0.6) is 0 Å². The monoisotopic (exact) mass is 367 g/mol. The molecule has 0 unspecified atom stereocenters. The van der Waals surface area contributed by atoms with Crippen LogP contribution in [0.25, 0.3) is 11.5 Å². The van der Waals surface area contributed by atoms with Crippen molar-refractivity contribution in [1.29, 1.82) is 0 Å². The maximum Gasteiger partial charge on any atom is 0.149 e. The quantitative estimate of drug-likeness (QED) is 0.408. The molecule has 130 valence electrons. The number of hydrogen-bond acceptors (Lipinski definition) is 3. The summed E-state index contributed by atoms with van der Waals surface area (Å²) in [5.41, 5.74) is 1.80. The number of hydrogen-bond donors (Lipinski definition) is 0. The van der Waals surface area contributed by atoms with Gasteiger partial charge in [-0.2, -0.15) is 5.10 Å². The van der Waals surface area contributed by atoms with Crippen molar-refractivity contribution in [2.75, 3.05) is 6.61 Å². The van der Waals surface area contributed by atoms with E-state index in [-0.39, 0.29) is 0 Å². The summed E-state index contributed by atoms with van der Waals surface area (Å²) >= 11 is 12.5. The number of allylic oxidation sites excluding steroid dienone is 1. The van der Waals surface area contributed by atoms with Gasteiger partial charge < -0.3 is 4.74 Å². The number of halogens is 2. The zero-order chi connectivity index (χ0) is 17.4. The molecule has 0 aliphatic heterocycles. The molecule has 0 saturated heterocycles. The first-order valence-corrected chi connectivity index (χ1v) is 9.09. The zero-order valence-electron chi connectivity index (χ0n) is 14.1. The highest BCUT2D eigenvalue weighted by atomic mass is 35.5. The van der Waals surface area contributed by atoms with Gasteiger partial charge in [0.1, 0.15) is 18.4 Å². The minimum atomic E-state index is 0.572. The van der Waals surface area contributed by atoms with Crippen molar-refractivity contribution in [2.24, 2.45) is 0 Å². The molecule has 1 heterocycles. The molecule has 4 nitrogen and oxygen atoms in total. The van der Waals surface area contributed by atoms with Gasteiger partial charge in [0.05, 0.1) is 17.3 Å². The van der Waals surface area contributed by atoms with Crippen molar-refractivity contribution in [2.45, 2.75) is 46.0 Å². The summed E-state index contributed by atoms with van der Waals surface area (Å²) in [7, 11) is 0. The molecule has 1 aromatic heterocycles. The molecule has 0 amide bonds. The van der Waals surface area contributed by atoms with Crippen LogP contribution in [0.15, 0.2) is 30.9 Å². The molecule has 1 aromatic carbocycles. The summed E-state index contributed by atoms with van der Waals surface area (Å²) < 4.78 is 7.90. The molecular weight excluding hydrogens is 345 g/mol. The number of unbranched alkanes of at least 4 members (excludes halogenated alkanes) is 2. The van der Waals surface area contributed by atoms with Gasteiger partial charge in [-0.15, -0.1) is 0 Å². The van der Waals surface area contributed by atoms with Gasteiger partial charge in [0.2, 0.25) is 0 Å². The summed E-state index contributed by atoms with van der Waals surface area (Å²) in [4.78, 5) is 4.07. The summed E-state index contributed by atoms with van der Waals surface area (Å²) in [6.45, 7) is 4.93. The minimum absolute atomic E-state index is 0.572. The number of nitrogens with zero attached hydrogens (tertiary/aromatic N) is 3. The van der Waals surface area contributed by atoms with Gasteiger partial charge in [-0.3, -0.25) is 0 Å². The van der Waals surface area contributed by atoms with E-state index in [2.05, 4.69) is 23.9 Å². The van der Waals surface area contributed by atoms with E-state index in [9.17, 15) is 0 Å². The van der Waals surface area contributed by atoms with E-state index < -0.39 is 0 Å². The normalized spacial score (nSPS) is 12.2. The first-order chi connectivity index (χ1) is 11.7. The van der Waals surface area contributed by atoms with Crippen molar-refractivity contribution in [3.8, 4) is 0 Å². The fraction of sp³-hybridized carbons (Fsp3) is 0.444. The average Bonchev–Trinajstić information content (AvgIpc) is 3.08. The second-order valence-corrected chi connectivity index (χ2v) is 6.39. The van der Waals surface area contributed by atoms with E-state index in [0.29, 0.717) is 16.7 Å². The Labute approximate surface area is 153 Å². The molecular formula is C18H23Cl2N3O. The van der Waals surface area contributed by atoms with Gasteiger partial charge in [-0.05, 0) is 37.5 Å². The van der Waals surface area contributed by atoms with Crippen LogP contribution in [0.1, 0.15) is 51.5 Å². The Morgan fingerprint density at radius 3 is 2.58 bits per heavy atom. The van der Waals surface area contributed by atoms with Gasteiger partial charge in [0.15, 0.2) is 0 Å². The highest BCUT2D eigenvalue weighted by molar-refractivity contribution is 6.35. The topological polar surface area (TPSA) is 39.9 Å². The van der Waals surface area contributed by atoms with Crippen molar-refractivity contribution >= 4 is 34.7 Å².